The molecule has 1 saturated heterocycles. The lowest BCUT2D eigenvalue weighted by atomic mass is 10.2. The Morgan fingerprint density at radius 2 is 1.91 bits per heavy atom. The Bertz CT molecular complexity index is 112. The summed E-state index contributed by atoms with van der Waals surface area (Å²) in [7, 11) is -1.24. The van der Waals surface area contributed by atoms with Crippen LogP contribution in [0.4, 0.5) is 0 Å². The fourth-order valence-electron chi connectivity index (χ4n) is 1.38. The molecule has 0 amide bonds. The molecule has 0 aromatic carbocycles. The van der Waals surface area contributed by atoms with Crippen LogP contribution in [0.25, 0.3) is 0 Å². The molecular weight excluding hydrogens is 152 g/mol. The van der Waals surface area contributed by atoms with Gasteiger partial charge in [0.15, 0.2) is 8.32 Å². The second-order valence-electron chi connectivity index (χ2n) is 3.85. The van der Waals surface area contributed by atoms with Gasteiger partial charge in [-0.1, -0.05) is 27.2 Å². The van der Waals surface area contributed by atoms with E-state index < -0.39 is 8.32 Å². The predicted octanol–water partition coefficient (Wildman–Crippen LogP) is 3.42. The standard InChI is InChI=1S/C8H18OSi.CH4/c1-8-6-4-5-7-9-10(8,2)3;/h8H,4-7H2,1-3H3;1H4. The first-order valence-corrected chi connectivity index (χ1v) is 7.25. The quantitative estimate of drug-likeness (QED) is 0.511. The SMILES string of the molecule is C.CC1CCCCO[Si]1(C)C. The van der Waals surface area contributed by atoms with E-state index in [4.69, 9.17) is 4.43 Å². The van der Waals surface area contributed by atoms with Crippen LogP contribution in [0.1, 0.15) is 33.6 Å². The Hall–Kier alpha value is 0.177. The molecule has 1 rings (SSSR count). The van der Waals surface area contributed by atoms with Crippen LogP contribution >= 0.6 is 0 Å². The van der Waals surface area contributed by atoms with Crippen molar-refractivity contribution in [3.05, 3.63) is 0 Å². The number of rotatable bonds is 0. The van der Waals surface area contributed by atoms with Crippen LogP contribution in [0.2, 0.25) is 18.6 Å². The summed E-state index contributed by atoms with van der Waals surface area (Å²) >= 11 is 0. The minimum Gasteiger partial charge on any atom is -0.417 e. The summed E-state index contributed by atoms with van der Waals surface area (Å²) < 4.78 is 5.84. The van der Waals surface area contributed by atoms with E-state index in [2.05, 4.69) is 20.0 Å². The van der Waals surface area contributed by atoms with Crippen LogP contribution in [-0.4, -0.2) is 14.9 Å². The zero-order chi connectivity index (χ0) is 7.61. The maximum absolute atomic E-state index is 5.84. The average Bonchev–Trinajstić information content (AvgIpc) is 1.96. The molecule has 11 heavy (non-hydrogen) atoms. The Balaban J connectivity index is 0.000001000. The summed E-state index contributed by atoms with van der Waals surface area (Å²) in [5.74, 6) is 0. The first-order chi connectivity index (χ1) is 4.63. The Kier molecular flexibility index (Phi) is 4.33. The zero-order valence-corrected chi connectivity index (χ0v) is 8.31. The average molecular weight is 174 g/mol. The van der Waals surface area contributed by atoms with E-state index in [1.54, 1.807) is 0 Å². The second-order valence-corrected chi connectivity index (χ2v) is 8.33. The largest absolute Gasteiger partial charge is 0.417 e. The lowest BCUT2D eigenvalue weighted by molar-refractivity contribution is 0.307. The third kappa shape index (κ3) is 2.95. The van der Waals surface area contributed by atoms with Crippen LogP contribution in [0, 0.1) is 0 Å². The molecule has 0 N–H and O–H groups in total. The molecule has 1 unspecified atom stereocenters. The molecule has 68 valence electrons. The molecule has 0 spiro atoms. The van der Waals surface area contributed by atoms with Crippen molar-refractivity contribution < 1.29 is 4.43 Å². The highest BCUT2D eigenvalue weighted by atomic mass is 28.4. The monoisotopic (exact) mass is 174 g/mol. The fraction of sp³-hybridized carbons (Fsp3) is 1.00. The lowest BCUT2D eigenvalue weighted by Crippen LogP contribution is -2.33. The molecule has 1 fully saturated rings. The molecule has 0 aromatic rings. The molecule has 1 aliphatic heterocycles. The van der Waals surface area contributed by atoms with E-state index in [0.29, 0.717) is 0 Å². The van der Waals surface area contributed by atoms with Gasteiger partial charge in [-0.25, -0.2) is 0 Å². The van der Waals surface area contributed by atoms with Gasteiger partial charge in [0.2, 0.25) is 0 Å². The summed E-state index contributed by atoms with van der Waals surface area (Å²) in [5.41, 5.74) is 0.856. The Morgan fingerprint density at radius 1 is 1.27 bits per heavy atom. The topological polar surface area (TPSA) is 9.23 Å². The lowest BCUT2D eigenvalue weighted by Gasteiger charge is -2.26. The van der Waals surface area contributed by atoms with Gasteiger partial charge in [0, 0.05) is 6.61 Å². The molecule has 2 heteroatoms. The highest BCUT2D eigenvalue weighted by Crippen LogP contribution is 2.30. The van der Waals surface area contributed by atoms with Crippen LogP contribution < -0.4 is 0 Å². The first kappa shape index (κ1) is 11.2. The van der Waals surface area contributed by atoms with Gasteiger partial charge in [-0.05, 0) is 25.1 Å². The molecule has 0 aliphatic carbocycles. The van der Waals surface area contributed by atoms with E-state index in [1.165, 1.54) is 19.3 Å². The molecule has 1 heterocycles. The van der Waals surface area contributed by atoms with Gasteiger partial charge >= 0.3 is 0 Å². The summed E-state index contributed by atoms with van der Waals surface area (Å²) in [6.07, 6.45) is 4.04. The van der Waals surface area contributed by atoms with Gasteiger partial charge in [0.05, 0.1) is 0 Å². The Labute approximate surface area is 72.3 Å². The maximum atomic E-state index is 5.84. The van der Waals surface area contributed by atoms with Crippen LogP contribution in [0.5, 0.6) is 0 Å². The Morgan fingerprint density at radius 3 is 2.55 bits per heavy atom. The summed E-state index contributed by atoms with van der Waals surface area (Å²) in [6, 6.07) is 0. The van der Waals surface area contributed by atoms with Crippen LogP contribution in [-0.2, 0) is 4.43 Å². The van der Waals surface area contributed by atoms with Gasteiger partial charge in [-0.15, -0.1) is 0 Å². The minimum absolute atomic E-state index is 0. The van der Waals surface area contributed by atoms with Crippen LogP contribution in [0.15, 0.2) is 0 Å². The molecule has 0 bridgehead atoms. The fourth-order valence-corrected chi connectivity index (χ4v) is 3.23. The summed E-state index contributed by atoms with van der Waals surface area (Å²) in [4.78, 5) is 0. The maximum Gasteiger partial charge on any atom is 0.189 e. The van der Waals surface area contributed by atoms with E-state index in [1.807, 2.05) is 0 Å². The molecule has 1 atom stereocenters. The predicted molar refractivity (Wildman–Crippen MR) is 53.4 cm³/mol. The van der Waals surface area contributed by atoms with Crippen molar-refractivity contribution in [3.8, 4) is 0 Å². The summed E-state index contributed by atoms with van der Waals surface area (Å²) in [5, 5.41) is 0. The third-order valence-corrected chi connectivity index (χ3v) is 6.30. The minimum atomic E-state index is -1.24. The van der Waals surface area contributed by atoms with E-state index in [-0.39, 0.29) is 7.43 Å². The van der Waals surface area contributed by atoms with Crippen molar-refractivity contribution in [2.75, 3.05) is 6.61 Å². The van der Waals surface area contributed by atoms with Crippen molar-refractivity contribution in [1.82, 2.24) is 0 Å². The van der Waals surface area contributed by atoms with E-state index >= 15 is 0 Å². The van der Waals surface area contributed by atoms with Gasteiger partial charge in [-0.2, -0.15) is 0 Å². The molecule has 0 saturated carbocycles. The molecule has 1 nitrogen and oxygen atoms in total. The van der Waals surface area contributed by atoms with Gasteiger partial charge in [-0.3, -0.25) is 0 Å². The first-order valence-electron chi connectivity index (χ1n) is 4.27. The second kappa shape index (κ2) is 4.26. The van der Waals surface area contributed by atoms with E-state index in [9.17, 15) is 0 Å². The van der Waals surface area contributed by atoms with Crippen molar-refractivity contribution >= 4 is 8.32 Å². The zero-order valence-electron chi connectivity index (χ0n) is 7.31. The van der Waals surface area contributed by atoms with Gasteiger partial charge in [0.25, 0.3) is 0 Å². The normalized spacial score (nSPS) is 30.3. The van der Waals surface area contributed by atoms with Crippen molar-refractivity contribution in [2.24, 2.45) is 0 Å². The third-order valence-electron chi connectivity index (χ3n) is 2.69. The molecule has 0 aromatic heterocycles. The summed E-state index contributed by atoms with van der Waals surface area (Å²) in [6.45, 7) is 8.03. The molecule has 1 aliphatic rings. The van der Waals surface area contributed by atoms with E-state index in [0.717, 1.165) is 12.1 Å². The highest BCUT2D eigenvalue weighted by Gasteiger charge is 2.31. The molecule has 0 radical (unpaired) electrons. The smallest absolute Gasteiger partial charge is 0.189 e. The number of hydrogen-bond acceptors (Lipinski definition) is 1. The molecular formula is C9H22OSi. The van der Waals surface area contributed by atoms with Gasteiger partial charge in [0.1, 0.15) is 0 Å². The van der Waals surface area contributed by atoms with Gasteiger partial charge < -0.3 is 4.43 Å². The van der Waals surface area contributed by atoms with Crippen molar-refractivity contribution in [3.63, 3.8) is 0 Å². The van der Waals surface area contributed by atoms with Crippen molar-refractivity contribution in [2.45, 2.75) is 52.2 Å². The van der Waals surface area contributed by atoms with Crippen molar-refractivity contribution in [1.29, 1.82) is 0 Å². The highest BCUT2D eigenvalue weighted by molar-refractivity contribution is 6.72. The van der Waals surface area contributed by atoms with Crippen LogP contribution in [0.3, 0.4) is 0 Å². The number of hydrogen-bond donors (Lipinski definition) is 0.